The first-order valence-corrected chi connectivity index (χ1v) is 11.1. The van der Waals surface area contributed by atoms with Crippen molar-refractivity contribution in [3.05, 3.63) is 18.5 Å². The topological polar surface area (TPSA) is 69.0 Å². The molecule has 2 fully saturated rings. The minimum Gasteiger partial charge on any atom is -0.357 e. The molecule has 1 aromatic rings. The van der Waals surface area contributed by atoms with Gasteiger partial charge in [0.25, 0.3) is 0 Å². The van der Waals surface area contributed by atoms with Crippen molar-refractivity contribution in [3.63, 3.8) is 0 Å². The van der Waals surface area contributed by atoms with Crippen molar-refractivity contribution < 1.29 is 4.79 Å². The van der Waals surface area contributed by atoms with Gasteiger partial charge in [-0.1, -0.05) is 6.92 Å². The molecule has 0 radical (unpaired) electrons. The minimum absolute atomic E-state index is 0.0242. The van der Waals surface area contributed by atoms with E-state index in [1.165, 1.54) is 0 Å². The van der Waals surface area contributed by atoms with Gasteiger partial charge < -0.3 is 15.1 Å². The lowest BCUT2D eigenvalue weighted by Crippen LogP contribution is -2.57. The van der Waals surface area contributed by atoms with Gasteiger partial charge in [0.1, 0.15) is 0 Å². The monoisotopic (exact) mass is 403 g/mol. The van der Waals surface area contributed by atoms with E-state index in [2.05, 4.69) is 41.0 Å². The number of likely N-dealkylation sites (tertiary alicyclic amines) is 1. The number of aromatic nitrogens is 2. The van der Waals surface area contributed by atoms with Crippen LogP contribution in [0.25, 0.3) is 0 Å². The summed E-state index contributed by atoms with van der Waals surface area (Å²) >= 11 is 0. The molecule has 0 bridgehead atoms. The van der Waals surface area contributed by atoms with Crippen LogP contribution in [0.1, 0.15) is 33.6 Å². The summed E-state index contributed by atoms with van der Waals surface area (Å²) in [6, 6.07) is 1.93. The van der Waals surface area contributed by atoms with Gasteiger partial charge in [-0.05, 0) is 38.7 Å². The summed E-state index contributed by atoms with van der Waals surface area (Å²) < 4.78 is 1.96. The van der Waals surface area contributed by atoms with Crippen molar-refractivity contribution in [1.82, 2.24) is 29.8 Å². The molecule has 2 saturated heterocycles. The molecule has 3 heterocycles. The van der Waals surface area contributed by atoms with Crippen LogP contribution in [-0.2, 0) is 11.3 Å². The maximum absolute atomic E-state index is 12.7. The average molecular weight is 404 g/mol. The summed E-state index contributed by atoms with van der Waals surface area (Å²) in [6.45, 7) is 14.3. The zero-order chi connectivity index (χ0) is 20.6. The highest BCUT2D eigenvalue weighted by atomic mass is 16.2. The molecule has 0 aromatic carbocycles. The van der Waals surface area contributed by atoms with Crippen molar-refractivity contribution >= 4 is 11.9 Å². The SMILES string of the molecule is CCNC(=NCC(C)Cn1cccn1)N1CCN(C(C)C(=O)N2CCCC2)CC1. The molecule has 2 unspecified atom stereocenters. The van der Waals surface area contributed by atoms with Crippen molar-refractivity contribution in [2.45, 2.75) is 46.2 Å². The molecule has 1 N–H and O–H groups in total. The molecule has 0 saturated carbocycles. The zero-order valence-electron chi connectivity index (χ0n) is 18.3. The number of nitrogens with one attached hydrogen (secondary N) is 1. The number of hydrogen-bond acceptors (Lipinski definition) is 4. The normalized spacial score (nSPS) is 20.7. The van der Waals surface area contributed by atoms with Gasteiger partial charge in [0, 0.05) is 71.3 Å². The quantitative estimate of drug-likeness (QED) is 0.546. The van der Waals surface area contributed by atoms with E-state index in [0.29, 0.717) is 11.8 Å². The summed E-state index contributed by atoms with van der Waals surface area (Å²) in [4.78, 5) is 24.3. The molecule has 162 valence electrons. The molecule has 2 aliphatic heterocycles. The van der Waals surface area contributed by atoms with Crippen LogP contribution >= 0.6 is 0 Å². The third kappa shape index (κ3) is 5.95. The van der Waals surface area contributed by atoms with Crippen LogP contribution < -0.4 is 5.32 Å². The second-order valence-electron chi connectivity index (χ2n) is 8.26. The highest BCUT2D eigenvalue weighted by Crippen LogP contribution is 2.14. The van der Waals surface area contributed by atoms with Gasteiger partial charge in [0.15, 0.2) is 5.96 Å². The van der Waals surface area contributed by atoms with Gasteiger partial charge in [-0.25, -0.2) is 0 Å². The number of carbonyl (C=O) groups is 1. The Morgan fingerprint density at radius 3 is 2.45 bits per heavy atom. The van der Waals surface area contributed by atoms with E-state index in [0.717, 1.165) is 77.7 Å². The van der Waals surface area contributed by atoms with E-state index in [1.54, 1.807) is 0 Å². The lowest BCUT2D eigenvalue weighted by atomic mass is 10.2. The van der Waals surface area contributed by atoms with Gasteiger partial charge in [-0.2, -0.15) is 5.10 Å². The fourth-order valence-electron chi connectivity index (χ4n) is 4.13. The van der Waals surface area contributed by atoms with E-state index in [4.69, 9.17) is 4.99 Å². The number of amides is 1. The van der Waals surface area contributed by atoms with Gasteiger partial charge >= 0.3 is 0 Å². The second-order valence-corrected chi connectivity index (χ2v) is 8.26. The predicted octanol–water partition coefficient (Wildman–Crippen LogP) is 1.11. The summed E-state index contributed by atoms with van der Waals surface area (Å²) in [5.41, 5.74) is 0. The molecule has 1 aromatic heterocycles. The molecular formula is C21H37N7O. The molecular weight excluding hydrogens is 366 g/mol. The number of guanidine groups is 1. The maximum atomic E-state index is 12.7. The van der Waals surface area contributed by atoms with E-state index in [9.17, 15) is 4.79 Å². The highest BCUT2D eigenvalue weighted by molar-refractivity contribution is 5.82. The Hall–Kier alpha value is -2.09. The summed E-state index contributed by atoms with van der Waals surface area (Å²) in [5, 5.41) is 7.72. The van der Waals surface area contributed by atoms with Gasteiger partial charge in [0.05, 0.1) is 6.04 Å². The number of piperazine rings is 1. The van der Waals surface area contributed by atoms with Gasteiger partial charge in [-0.3, -0.25) is 19.4 Å². The van der Waals surface area contributed by atoms with Crippen molar-refractivity contribution in [3.8, 4) is 0 Å². The summed E-state index contributed by atoms with van der Waals surface area (Å²) in [6.07, 6.45) is 6.10. The zero-order valence-corrected chi connectivity index (χ0v) is 18.3. The molecule has 0 aliphatic carbocycles. The molecule has 2 atom stereocenters. The van der Waals surface area contributed by atoms with Crippen molar-refractivity contribution in [1.29, 1.82) is 0 Å². The fraction of sp³-hybridized carbons (Fsp3) is 0.762. The molecule has 29 heavy (non-hydrogen) atoms. The van der Waals surface area contributed by atoms with Crippen LogP contribution in [0.2, 0.25) is 0 Å². The van der Waals surface area contributed by atoms with Crippen molar-refractivity contribution in [2.24, 2.45) is 10.9 Å². The van der Waals surface area contributed by atoms with Crippen LogP contribution in [0, 0.1) is 5.92 Å². The minimum atomic E-state index is -0.0242. The van der Waals surface area contributed by atoms with E-state index in [-0.39, 0.29) is 6.04 Å². The molecule has 0 spiro atoms. The number of rotatable bonds is 7. The smallest absolute Gasteiger partial charge is 0.239 e. The third-order valence-corrected chi connectivity index (χ3v) is 5.88. The Morgan fingerprint density at radius 2 is 1.83 bits per heavy atom. The number of aliphatic imine (C=N–C) groups is 1. The second kappa shape index (κ2) is 10.6. The summed E-state index contributed by atoms with van der Waals surface area (Å²) in [7, 11) is 0. The lowest BCUT2D eigenvalue weighted by Gasteiger charge is -2.39. The number of hydrogen-bond donors (Lipinski definition) is 1. The Balaban J connectivity index is 1.50. The first kappa shape index (κ1) is 21.6. The third-order valence-electron chi connectivity index (χ3n) is 5.88. The standard InChI is InChI=1S/C21H37N7O/c1-4-22-21(23-16-18(2)17-28-11-7-8-24-28)27-14-12-25(13-15-27)19(3)20(29)26-9-5-6-10-26/h7-8,11,18-19H,4-6,9-10,12-17H2,1-3H3,(H,22,23). The first-order chi connectivity index (χ1) is 14.1. The Labute approximate surface area is 174 Å². The van der Waals surface area contributed by atoms with Crippen LogP contribution in [0.15, 0.2) is 23.5 Å². The Morgan fingerprint density at radius 1 is 1.10 bits per heavy atom. The van der Waals surface area contributed by atoms with Crippen LogP contribution in [0.3, 0.4) is 0 Å². The molecule has 3 rings (SSSR count). The molecule has 8 heteroatoms. The van der Waals surface area contributed by atoms with E-state index in [1.807, 2.05) is 28.0 Å². The van der Waals surface area contributed by atoms with E-state index >= 15 is 0 Å². The summed E-state index contributed by atoms with van der Waals surface area (Å²) in [5.74, 6) is 1.70. The largest absolute Gasteiger partial charge is 0.357 e. The highest BCUT2D eigenvalue weighted by Gasteiger charge is 2.30. The Kier molecular flexibility index (Phi) is 7.91. The van der Waals surface area contributed by atoms with Gasteiger partial charge in [0.2, 0.25) is 5.91 Å². The van der Waals surface area contributed by atoms with Gasteiger partial charge in [-0.15, -0.1) is 0 Å². The van der Waals surface area contributed by atoms with Crippen LogP contribution in [0.4, 0.5) is 0 Å². The van der Waals surface area contributed by atoms with E-state index < -0.39 is 0 Å². The predicted molar refractivity (Wildman–Crippen MR) is 116 cm³/mol. The molecule has 8 nitrogen and oxygen atoms in total. The fourth-order valence-corrected chi connectivity index (χ4v) is 4.13. The van der Waals surface area contributed by atoms with Crippen LogP contribution in [0.5, 0.6) is 0 Å². The maximum Gasteiger partial charge on any atom is 0.239 e. The number of carbonyl (C=O) groups excluding carboxylic acids is 1. The van der Waals surface area contributed by atoms with Crippen molar-refractivity contribution in [2.75, 3.05) is 52.4 Å². The average Bonchev–Trinajstić information content (AvgIpc) is 3.44. The Bertz CT molecular complexity index is 646. The number of nitrogens with zero attached hydrogens (tertiary/aromatic N) is 6. The lowest BCUT2D eigenvalue weighted by molar-refractivity contribution is -0.135. The first-order valence-electron chi connectivity index (χ1n) is 11.1. The van der Waals surface area contributed by atoms with Crippen LogP contribution in [-0.4, -0.2) is 94.7 Å². The molecule has 1 amide bonds. The molecule has 2 aliphatic rings.